The lowest BCUT2D eigenvalue weighted by Gasteiger charge is -2.37. The molecule has 5 nitrogen and oxygen atoms in total. The Labute approximate surface area is 175 Å². The largest absolute Gasteiger partial charge is 0.493 e. The first kappa shape index (κ1) is 18.7. The van der Waals surface area contributed by atoms with Crippen molar-refractivity contribution in [3.63, 3.8) is 0 Å². The molecule has 0 bridgehead atoms. The van der Waals surface area contributed by atoms with Gasteiger partial charge in [-0.05, 0) is 60.4 Å². The van der Waals surface area contributed by atoms with Crippen LogP contribution in [0.1, 0.15) is 46.4 Å². The van der Waals surface area contributed by atoms with Gasteiger partial charge in [0.05, 0.1) is 12.2 Å². The molecule has 0 aliphatic carbocycles. The molecular weight excluding hydrogens is 376 g/mol. The highest BCUT2D eigenvalue weighted by atomic mass is 16.5. The summed E-state index contributed by atoms with van der Waals surface area (Å²) in [7, 11) is 0. The minimum absolute atomic E-state index is 0.00351. The van der Waals surface area contributed by atoms with Gasteiger partial charge in [-0.25, -0.2) is 0 Å². The third kappa shape index (κ3) is 3.52. The van der Waals surface area contributed by atoms with Crippen LogP contribution in [0.2, 0.25) is 0 Å². The summed E-state index contributed by atoms with van der Waals surface area (Å²) in [6, 6.07) is 19.1. The second-order valence-corrected chi connectivity index (χ2v) is 8.01. The maximum absolute atomic E-state index is 13.2. The quantitative estimate of drug-likeness (QED) is 0.668. The molecule has 1 saturated heterocycles. The molecule has 3 aromatic carbocycles. The Bertz CT molecular complexity index is 1120. The minimum atomic E-state index is -0.198. The van der Waals surface area contributed by atoms with Crippen molar-refractivity contribution in [2.45, 2.75) is 31.7 Å². The number of ether oxygens (including phenoxy) is 1. The number of nitrogens with one attached hydrogen (secondary N) is 1. The van der Waals surface area contributed by atoms with Gasteiger partial charge in [0.1, 0.15) is 5.75 Å². The highest BCUT2D eigenvalue weighted by Gasteiger charge is 2.31. The van der Waals surface area contributed by atoms with Crippen molar-refractivity contribution in [3.05, 3.63) is 71.8 Å². The lowest BCUT2D eigenvalue weighted by Crippen LogP contribution is -2.45. The van der Waals surface area contributed by atoms with Crippen LogP contribution in [0.15, 0.2) is 60.7 Å². The Morgan fingerprint density at radius 2 is 1.83 bits per heavy atom. The number of nitrogens with zero attached hydrogens (tertiary/aromatic N) is 1. The van der Waals surface area contributed by atoms with Gasteiger partial charge in [0.15, 0.2) is 0 Å². The highest BCUT2D eigenvalue weighted by molar-refractivity contribution is 6.07. The van der Waals surface area contributed by atoms with Crippen LogP contribution in [-0.2, 0) is 0 Å². The zero-order valence-corrected chi connectivity index (χ0v) is 16.8. The van der Waals surface area contributed by atoms with Gasteiger partial charge in [0.2, 0.25) is 0 Å². The average Bonchev–Trinajstić information content (AvgIpc) is 2.78. The number of anilines is 1. The smallest absolute Gasteiger partial charge is 0.257 e. The van der Waals surface area contributed by atoms with Crippen LogP contribution in [0.4, 0.5) is 5.69 Å². The number of fused-ring (bicyclic) bond motifs is 3. The van der Waals surface area contributed by atoms with Gasteiger partial charge in [0, 0.05) is 30.3 Å². The summed E-state index contributed by atoms with van der Waals surface area (Å²) in [5.41, 5.74) is 1.70. The van der Waals surface area contributed by atoms with E-state index in [9.17, 15) is 9.59 Å². The van der Waals surface area contributed by atoms with E-state index in [1.807, 2.05) is 47.4 Å². The Hall–Kier alpha value is -3.34. The van der Waals surface area contributed by atoms with Crippen molar-refractivity contribution in [2.24, 2.45) is 0 Å². The van der Waals surface area contributed by atoms with E-state index in [2.05, 4.69) is 5.32 Å². The molecule has 2 aliphatic heterocycles. The van der Waals surface area contributed by atoms with Gasteiger partial charge in [-0.1, -0.05) is 30.3 Å². The van der Waals surface area contributed by atoms with Crippen molar-refractivity contribution in [2.75, 3.05) is 18.5 Å². The molecule has 152 valence electrons. The molecule has 1 N–H and O–H groups in total. The molecule has 0 spiro atoms. The minimum Gasteiger partial charge on any atom is -0.493 e. The van der Waals surface area contributed by atoms with Gasteiger partial charge in [-0.15, -0.1) is 0 Å². The van der Waals surface area contributed by atoms with Crippen molar-refractivity contribution in [1.29, 1.82) is 0 Å². The first-order chi connectivity index (χ1) is 14.7. The summed E-state index contributed by atoms with van der Waals surface area (Å²) in [6.45, 7) is 1.39. The van der Waals surface area contributed by atoms with Gasteiger partial charge in [-0.2, -0.15) is 0 Å². The van der Waals surface area contributed by atoms with E-state index in [4.69, 9.17) is 4.74 Å². The zero-order chi connectivity index (χ0) is 20.5. The molecular formula is C25H24N2O3. The van der Waals surface area contributed by atoms with Gasteiger partial charge in [0.25, 0.3) is 11.8 Å². The Kier molecular flexibility index (Phi) is 4.87. The fourth-order valence-electron chi connectivity index (χ4n) is 4.46. The summed E-state index contributed by atoms with van der Waals surface area (Å²) in [5.74, 6) is 0.389. The van der Waals surface area contributed by atoms with E-state index < -0.39 is 0 Å². The van der Waals surface area contributed by atoms with Gasteiger partial charge < -0.3 is 15.0 Å². The molecule has 1 unspecified atom stereocenters. The number of hydrogen-bond acceptors (Lipinski definition) is 3. The van der Waals surface area contributed by atoms with Crippen LogP contribution in [-0.4, -0.2) is 35.9 Å². The number of rotatable bonds is 2. The second kappa shape index (κ2) is 7.82. The standard InChI is InChI=1S/C25H24N2O3/c28-24(19-9-8-17-5-1-2-6-18(17)15-19)26-20-10-11-23-22(16-20)25(29)27-13-4-3-7-21(27)12-14-30-23/h1-2,5-6,8-11,15-16,21H,3-4,7,12-14H2,(H,26,28). The van der Waals surface area contributed by atoms with E-state index in [-0.39, 0.29) is 17.9 Å². The summed E-state index contributed by atoms with van der Waals surface area (Å²) >= 11 is 0. The fraction of sp³-hybridized carbons (Fsp3) is 0.280. The van der Waals surface area contributed by atoms with Crippen molar-refractivity contribution in [3.8, 4) is 5.75 Å². The summed E-state index contributed by atoms with van der Waals surface area (Å²) in [6.07, 6.45) is 4.09. The molecule has 0 radical (unpaired) electrons. The van der Waals surface area contributed by atoms with Crippen molar-refractivity contribution < 1.29 is 14.3 Å². The SMILES string of the molecule is O=C(Nc1ccc2c(c1)C(=O)N1CCCCC1CCO2)c1ccc2ccccc2c1. The Morgan fingerprint density at radius 3 is 2.73 bits per heavy atom. The van der Waals surface area contributed by atoms with Crippen molar-refractivity contribution >= 4 is 28.3 Å². The predicted molar refractivity (Wildman–Crippen MR) is 117 cm³/mol. The summed E-state index contributed by atoms with van der Waals surface area (Å²) < 4.78 is 5.88. The normalized spacial score (nSPS) is 18.6. The van der Waals surface area contributed by atoms with E-state index in [1.54, 1.807) is 18.2 Å². The lowest BCUT2D eigenvalue weighted by molar-refractivity contribution is 0.0548. The second-order valence-electron chi connectivity index (χ2n) is 8.01. The molecule has 2 heterocycles. The molecule has 2 aliphatic rings. The Balaban J connectivity index is 1.41. The maximum Gasteiger partial charge on any atom is 0.257 e. The van der Waals surface area contributed by atoms with Gasteiger partial charge >= 0.3 is 0 Å². The lowest BCUT2D eigenvalue weighted by atomic mass is 9.97. The molecule has 1 atom stereocenters. The molecule has 5 rings (SSSR count). The monoisotopic (exact) mass is 400 g/mol. The predicted octanol–water partition coefficient (Wildman–Crippen LogP) is 4.87. The van der Waals surface area contributed by atoms with E-state index >= 15 is 0 Å². The Morgan fingerprint density at radius 1 is 0.967 bits per heavy atom. The molecule has 0 aromatic heterocycles. The third-order valence-electron chi connectivity index (χ3n) is 6.08. The summed E-state index contributed by atoms with van der Waals surface area (Å²) in [4.78, 5) is 28.0. The van der Waals surface area contributed by atoms with Gasteiger partial charge in [-0.3, -0.25) is 9.59 Å². The van der Waals surface area contributed by atoms with E-state index in [1.165, 1.54) is 0 Å². The van der Waals surface area contributed by atoms with Crippen LogP contribution in [0.25, 0.3) is 10.8 Å². The number of benzene rings is 3. The third-order valence-corrected chi connectivity index (χ3v) is 6.08. The number of piperidine rings is 1. The van der Waals surface area contributed by atoms with E-state index in [0.29, 0.717) is 29.2 Å². The molecule has 1 fully saturated rings. The highest BCUT2D eigenvalue weighted by Crippen LogP contribution is 2.31. The number of amides is 2. The number of hydrogen-bond donors (Lipinski definition) is 1. The first-order valence-corrected chi connectivity index (χ1v) is 10.6. The zero-order valence-electron chi connectivity index (χ0n) is 16.8. The number of carbonyl (C=O) groups is 2. The van der Waals surface area contributed by atoms with Crippen LogP contribution in [0.5, 0.6) is 5.75 Å². The molecule has 0 saturated carbocycles. The molecule has 5 heteroatoms. The molecule has 3 aromatic rings. The topological polar surface area (TPSA) is 58.6 Å². The summed E-state index contributed by atoms with van der Waals surface area (Å²) in [5, 5.41) is 5.04. The number of carbonyl (C=O) groups excluding carboxylic acids is 2. The van der Waals surface area contributed by atoms with Crippen LogP contribution in [0, 0.1) is 0 Å². The molecule has 30 heavy (non-hydrogen) atoms. The maximum atomic E-state index is 13.2. The van der Waals surface area contributed by atoms with E-state index in [0.717, 1.165) is 43.0 Å². The molecule has 2 amide bonds. The van der Waals surface area contributed by atoms with Crippen LogP contribution in [0.3, 0.4) is 0 Å². The average molecular weight is 400 g/mol. The van der Waals surface area contributed by atoms with Crippen molar-refractivity contribution in [1.82, 2.24) is 4.90 Å². The first-order valence-electron chi connectivity index (χ1n) is 10.6. The van der Waals surface area contributed by atoms with Crippen LogP contribution < -0.4 is 10.1 Å². The van der Waals surface area contributed by atoms with Crippen LogP contribution >= 0.6 is 0 Å². The fourth-order valence-corrected chi connectivity index (χ4v) is 4.46.